The van der Waals surface area contributed by atoms with Gasteiger partial charge in [0, 0.05) is 6.54 Å². The molecule has 34 heavy (non-hydrogen) atoms. The number of nitrogens with two attached hydrogens (primary N) is 1. The Morgan fingerprint density at radius 2 is 1.79 bits per heavy atom. The summed E-state index contributed by atoms with van der Waals surface area (Å²) >= 11 is 4.68. The van der Waals surface area contributed by atoms with E-state index in [0.717, 1.165) is 47.2 Å². The highest BCUT2D eigenvalue weighted by Crippen LogP contribution is 2.36. The van der Waals surface area contributed by atoms with Crippen LogP contribution in [0.2, 0.25) is 0 Å². The number of hydrogen-bond donors (Lipinski definition) is 2. The van der Waals surface area contributed by atoms with E-state index in [1.807, 2.05) is 42.4 Å². The molecule has 1 aliphatic rings. The second-order valence-electron chi connectivity index (χ2n) is 8.47. The monoisotopic (exact) mass is 503 g/mol. The number of rotatable bonds is 9. The van der Waals surface area contributed by atoms with Crippen LogP contribution in [0.3, 0.4) is 0 Å². The molecule has 0 saturated carbocycles. The molecule has 9 heteroatoms. The molecule has 1 aliphatic heterocycles. The van der Waals surface area contributed by atoms with Crippen LogP contribution in [-0.4, -0.2) is 36.4 Å². The molecule has 184 valence electrons. The number of carbonyl (C=O) groups excluding carboxylic acids is 1. The fourth-order valence-corrected chi connectivity index (χ4v) is 5.08. The predicted molar refractivity (Wildman–Crippen MR) is 137 cm³/mol. The Balaban J connectivity index is 1.91. The van der Waals surface area contributed by atoms with E-state index in [-0.39, 0.29) is 17.0 Å². The average Bonchev–Trinajstić information content (AvgIpc) is 3.02. The summed E-state index contributed by atoms with van der Waals surface area (Å²) in [5.74, 6) is -0.342. The molecule has 0 amide bonds. The summed E-state index contributed by atoms with van der Waals surface area (Å²) in [5.41, 5.74) is 5.00. The SMILES string of the molecule is CCCCC1N(S)C(C)=C(C(=O)OCC)N1Cc1ccc(-c2cc(S(N)(=O)=O)ccc2C)cc1. The molecule has 0 radical (unpaired) electrons. The van der Waals surface area contributed by atoms with Gasteiger partial charge in [0.2, 0.25) is 10.0 Å². The van der Waals surface area contributed by atoms with Gasteiger partial charge in [0.1, 0.15) is 11.9 Å². The molecule has 0 aliphatic carbocycles. The zero-order chi connectivity index (χ0) is 25.0. The number of nitrogens with zero attached hydrogens (tertiary/aromatic N) is 2. The van der Waals surface area contributed by atoms with Gasteiger partial charge in [-0.05, 0) is 68.0 Å². The highest BCUT2D eigenvalue weighted by atomic mass is 32.2. The first-order valence-corrected chi connectivity index (χ1v) is 13.4. The number of sulfonamides is 1. The molecule has 0 aromatic heterocycles. The lowest BCUT2D eigenvalue weighted by atomic mass is 9.99. The van der Waals surface area contributed by atoms with Gasteiger partial charge in [-0.15, -0.1) is 0 Å². The molecule has 0 bridgehead atoms. The number of unbranched alkanes of at least 4 members (excludes halogenated alkanes) is 1. The molecule has 2 N–H and O–H groups in total. The highest BCUT2D eigenvalue weighted by Gasteiger charge is 2.38. The first kappa shape index (κ1) is 26.1. The van der Waals surface area contributed by atoms with Crippen LogP contribution in [0.15, 0.2) is 58.8 Å². The van der Waals surface area contributed by atoms with Crippen molar-refractivity contribution in [2.75, 3.05) is 6.61 Å². The summed E-state index contributed by atoms with van der Waals surface area (Å²) < 4.78 is 30.8. The van der Waals surface area contributed by atoms with Crippen LogP contribution in [0.5, 0.6) is 0 Å². The minimum absolute atomic E-state index is 0.0453. The fraction of sp³-hybridized carbons (Fsp3) is 0.400. The Hall–Kier alpha value is -2.49. The zero-order valence-corrected chi connectivity index (χ0v) is 21.8. The lowest BCUT2D eigenvalue weighted by Gasteiger charge is -2.31. The molecule has 1 atom stereocenters. The summed E-state index contributed by atoms with van der Waals surface area (Å²) in [4.78, 5) is 14.9. The third-order valence-corrected chi connectivity index (χ3v) is 7.53. The van der Waals surface area contributed by atoms with Gasteiger partial charge in [0.25, 0.3) is 0 Å². The van der Waals surface area contributed by atoms with Crippen LogP contribution >= 0.6 is 12.8 Å². The lowest BCUT2D eigenvalue weighted by molar-refractivity contribution is -0.140. The molecule has 1 unspecified atom stereocenters. The Bertz CT molecular complexity index is 1180. The van der Waals surface area contributed by atoms with Gasteiger partial charge in [-0.25, -0.2) is 18.4 Å². The van der Waals surface area contributed by atoms with Crippen molar-refractivity contribution in [3.8, 4) is 11.1 Å². The predicted octanol–water partition coefficient (Wildman–Crippen LogP) is 4.58. The van der Waals surface area contributed by atoms with Crippen molar-refractivity contribution in [2.24, 2.45) is 5.14 Å². The Morgan fingerprint density at radius 3 is 2.38 bits per heavy atom. The first-order chi connectivity index (χ1) is 16.1. The summed E-state index contributed by atoms with van der Waals surface area (Å²) in [6.45, 7) is 8.59. The number of benzene rings is 2. The first-order valence-electron chi connectivity index (χ1n) is 11.4. The number of thiol groups is 1. The van der Waals surface area contributed by atoms with Crippen LogP contribution in [-0.2, 0) is 26.1 Å². The van der Waals surface area contributed by atoms with Gasteiger partial charge in [0.15, 0.2) is 0 Å². The summed E-state index contributed by atoms with van der Waals surface area (Å²) in [5, 5.41) is 5.31. The van der Waals surface area contributed by atoms with Crippen molar-refractivity contribution in [2.45, 2.75) is 64.6 Å². The largest absolute Gasteiger partial charge is 0.461 e. The molecule has 0 spiro atoms. The topological polar surface area (TPSA) is 92.9 Å². The summed E-state index contributed by atoms with van der Waals surface area (Å²) in [7, 11) is -3.78. The van der Waals surface area contributed by atoms with E-state index < -0.39 is 10.0 Å². The zero-order valence-electron chi connectivity index (χ0n) is 20.1. The molecule has 1 heterocycles. The third-order valence-electron chi connectivity index (χ3n) is 6.06. The Labute approximate surface area is 208 Å². The van der Waals surface area contributed by atoms with Crippen molar-refractivity contribution in [3.05, 3.63) is 65.0 Å². The van der Waals surface area contributed by atoms with E-state index in [0.29, 0.717) is 18.8 Å². The normalized spacial score (nSPS) is 16.4. The van der Waals surface area contributed by atoms with Gasteiger partial charge in [-0.2, -0.15) is 0 Å². The minimum Gasteiger partial charge on any atom is -0.461 e. The van der Waals surface area contributed by atoms with E-state index in [9.17, 15) is 13.2 Å². The molecular weight excluding hydrogens is 470 g/mol. The smallest absolute Gasteiger partial charge is 0.356 e. The molecule has 0 saturated heterocycles. The maximum atomic E-state index is 12.8. The maximum Gasteiger partial charge on any atom is 0.356 e. The van der Waals surface area contributed by atoms with Crippen LogP contribution in [0, 0.1) is 6.92 Å². The van der Waals surface area contributed by atoms with Gasteiger partial charge in [0.05, 0.1) is 17.2 Å². The van der Waals surface area contributed by atoms with Crippen LogP contribution in [0.25, 0.3) is 11.1 Å². The van der Waals surface area contributed by atoms with E-state index in [1.54, 1.807) is 19.1 Å². The summed E-state index contributed by atoms with van der Waals surface area (Å²) in [6.07, 6.45) is 2.89. The van der Waals surface area contributed by atoms with Crippen molar-refractivity contribution < 1.29 is 17.9 Å². The quantitative estimate of drug-likeness (QED) is 0.384. The minimum atomic E-state index is -3.78. The van der Waals surface area contributed by atoms with Gasteiger partial charge in [-0.1, -0.05) is 56.5 Å². The van der Waals surface area contributed by atoms with Gasteiger partial charge >= 0.3 is 5.97 Å². The highest BCUT2D eigenvalue weighted by molar-refractivity contribution is 7.89. The Kier molecular flexibility index (Phi) is 8.33. The van der Waals surface area contributed by atoms with E-state index in [1.165, 1.54) is 6.07 Å². The molecular formula is C25H33N3O4S2. The van der Waals surface area contributed by atoms with Gasteiger partial charge < -0.3 is 9.64 Å². The van der Waals surface area contributed by atoms with Crippen LogP contribution < -0.4 is 5.14 Å². The number of esters is 1. The van der Waals surface area contributed by atoms with Gasteiger partial charge in [-0.3, -0.25) is 4.31 Å². The molecule has 2 aromatic rings. The number of aryl methyl sites for hydroxylation is 1. The number of ether oxygens (including phenoxy) is 1. The molecule has 2 aromatic carbocycles. The molecule has 0 fully saturated rings. The fourth-order valence-electron chi connectivity index (χ4n) is 4.21. The van der Waals surface area contributed by atoms with E-state index >= 15 is 0 Å². The van der Waals surface area contributed by atoms with E-state index in [2.05, 4.69) is 24.6 Å². The lowest BCUT2D eigenvalue weighted by Crippen LogP contribution is -2.37. The standard InChI is InChI=1S/C25H33N3O4S2/c1-5-7-8-23-27(24(18(4)28(23)33)25(29)32-6-2)16-19-10-12-20(13-11-19)22-15-21(34(26,30)31)14-9-17(22)3/h9-15,23,33H,5-8,16H2,1-4H3,(H2,26,30,31). The van der Waals surface area contributed by atoms with Crippen molar-refractivity contribution in [1.29, 1.82) is 0 Å². The second kappa shape index (κ2) is 10.8. The van der Waals surface area contributed by atoms with Crippen LogP contribution in [0.1, 0.15) is 51.2 Å². The maximum absolute atomic E-state index is 12.8. The van der Waals surface area contributed by atoms with Crippen molar-refractivity contribution in [3.63, 3.8) is 0 Å². The number of hydrogen-bond acceptors (Lipinski definition) is 7. The van der Waals surface area contributed by atoms with Crippen molar-refractivity contribution >= 4 is 28.8 Å². The molecule has 7 nitrogen and oxygen atoms in total. The van der Waals surface area contributed by atoms with Crippen LogP contribution in [0.4, 0.5) is 0 Å². The van der Waals surface area contributed by atoms with E-state index in [4.69, 9.17) is 9.88 Å². The third kappa shape index (κ3) is 5.59. The number of primary sulfonamides is 1. The number of carbonyl (C=O) groups is 1. The second-order valence-corrected chi connectivity index (χ2v) is 10.5. The van der Waals surface area contributed by atoms with Crippen molar-refractivity contribution in [1.82, 2.24) is 9.21 Å². The Morgan fingerprint density at radius 1 is 1.12 bits per heavy atom. The summed E-state index contributed by atoms with van der Waals surface area (Å²) in [6, 6.07) is 12.8. The number of allylic oxidation sites excluding steroid dienone is 1. The average molecular weight is 504 g/mol. The molecule has 3 rings (SSSR count).